The van der Waals surface area contributed by atoms with Gasteiger partial charge in [0.15, 0.2) is 0 Å². The summed E-state index contributed by atoms with van der Waals surface area (Å²) in [4.78, 5) is 0. The van der Waals surface area contributed by atoms with Gasteiger partial charge in [0, 0.05) is 12.6 Å². The molecule has 0 aromatic heterocycles. The zero-order valence-electron chi connectivity index (χ0n) is 18.3. The normalized spacial score (nSPS) is 16.7. The molecule has 1 aliphatic rings. The van der Waals surface area contributed by atoms with Crippen LogP contribution < -0.4 is 15.7 Å². The largest absolute Gasteiger partial charge is 0.406 e. The molecule has 3 aromatic rings. The zero-order chi connectivity index (χ0) is 22.1. The van der Waals surface area contributed by atoms with Crippen LogP contribution in [0.4, 0.5) is 4.39 Å². The van der Waals surface area contributed by atoms with E-state index in [9.17, 15) is 4.39 Å². The fourth-order valence-corrected chi connectivity index (χ4v) is 9.85. The van der Waals surface area contributed by atoms with Crippen molar-refractivity contribution in [2.75, 3.05) is 6.61 Å². The number of halogens is 2. The molecular weight excluding hydrogens is 469 g/mol. The third-order valence-electron chi connectivity index (χ3n) is 6.24. The summed E-state index contributed by atoms with van der Waals surface area (Å²) in [5.41, 5.74) is 2.20. The van der Waals surface area contributed by atoms with Gasteiger partial charge >= 0.3 is 0 Å². The molecule has 0 spiro atoms. The third-order valence-corrected chi connectivity index (χ3v) is 12.1. The number of benzene rings is 3. The first kappa shape index (κ1) is 22.4. The van der Waals surface area contributed by atoms with E-state index in [1.165, 1.54) is 16.4 Å². The molecule has 0 bridgehead atoms. The van der Waals surface area contributed by atoms with Crippen LogP contribution in [0.25, 0.3) is 0 Å². The minimum atomic E-state index is -2.58. The molecule has 5 heteroatoms. The Kier molecular flexibility index (Phi) is 6.49. The van der Waals surface area contributed by atoms with E-state index in [-0.39, 0.29) is 16.9 Å². The molecule has 1 atom stereocenters. The summed E-state index contributed by atoms with van der Waals surface area (Å²) in [6.07, 6.45) is 0.742. The molecular formula is C26H29BrFNOSi. The predicted molar refractivity (Wildman–Crippen MR) is 132 cm³/mol. The molecule has 0 aliphatic carbocycles. The highest BCUT2D eigenvalue weighted by Crippen LogP contribution is 2.37. The van der Waals surface area contributed by atoms with Gasteiger partial charge in [-0.1, -0.05) is 87.5 Å². The highest BCUT2D eigenvalue weighted by Gasteiger charge is 2.50. The SMILES string of the molecule is CC(C)(C)[Si](OCC1Cc2c(ccc(F)c2Br)CN1)(c1ccccc1)c1ccccc1. The average Bonchev–Trinajstić information content (AvgIpc) is 2.77. The lowest BCUT2D eigenvalue weighted by molar-refractivity contribution is 0.242. The summed E-state index contributed by atoms with van der Waals surface area (Å²) >= 11 is 3.45. The average molecular weight is 499 g/mol. The predicted octanol–water partition coefficient (Wildman–Crippen LogP) is 5.18. The third kappa shape index (κ3) is 4.29. The lowest BCUT2D eigenvalue weighted by Crippen LogP contribution is -2.67. The summed E-state index contributed by atoms with van der Waals surface area (Å²) in [5, 5.41) is 6.09. The van der Waals surface area contributed by atoms with Crippen molar-refractivity contribution in [2.45, 2.75) is 44.8 Å². The van der Waals surface area contributed by atoms with Crippen molar-refractivity contribution in [3.8, 4) is 0 Å². The van der Waals surface area contributed by atoms with E-state index < -0.39 is 8.32 Å². The second-order valence-electron chi connectivity index (χ2n) is 9.26. The van der Waals surface area contributed by atoms with Crippen molar-refractivity contribution in [3.63, 3.8) is 0 Å². The van der Waals surface area contributed by atoms with Gasteiger partial charge in [0.05, 0.1) is 11.1 Å². The molecule has 31 heavy (non-hydrogen) atoms. The zero-order valence-corrected chi connectivity index (χ0v) is 20.9. The van der Waals surface area contributed by atoms with Crippen molar-refractivity contribution >= 4 is 34.6 Å². The van der Waals surface area contributed by atoms with Gasteiger partial charge in [-0.05, 0) is 55.0 Å². The Morgan fingerprint density at radius 1 is 0.968 bits per heavy atom. The molecule has 2 nitrogen and oxygen atoms in total. The number of rotatable bonds is 5. The van der Waals surface area contributed by atoms with Crippen LogP contribution in [0.1, 0.15) is 31.9 Å². The van der Waals surface area contributed by atoms with E-state index in [1.54, 1.807) is 0 Å². The minimum Gasteiger partial charge on any atom is -0.406 e. The smallest absolute Gasteiger partial charge is 0.261 e. The summed E-state index contributed by atoms with van der Waals surface area (Å²) in [6.45, 7) is 8.16. The number of hydrogen-bond donors (Lipinski definition) is 1. The number of hydrogen-bond acceptors (Lipinski definition) is 2. The summed E-state index contributed by atoms with van der Waals surface area (Å²) in [6, 6.07) is 24.9. The maximum Gasteiger partial charge on any atom is 0.261 e. The highest BCUT2D eigenvalue weighted by atomic mass is 79.9. The van der Waals surface area contributed by atoms with Crippen molar-refractivity contribution in [1.29, 1.82) is 0 Å². The Morgan fingerprint density at radius 3 is 2.10 bits per heavy atom. The van der Waals surface area contributed by atoms with Gasteiger partial charge in [0.25, 0.3) is 8.32 Å². The fraction of sp³-hybridized carbons (Fsp3) is 0.308. The Hall–Kier alpha value is -1.79. The van der Waals surface area contributed by atoms with Gasteiger partial charge in [-0.25, -0.2) is 4.39 Å². The topological polar surface area (TPSA) is 21.3 Å². The molecule has 1 N–H and O–H groups in total. The van der Waals surface area contributed by atoms with Crippen molar-refractivity contribution in [1.82, 2.24) is 5.32 Å². The first-order chi connectivity index (χ1) is 14.8. The second-order valence-corrected chi connectivity index (χ2v) is 14.4. The van der Waals surface area contributed by atoms with E-state index in [4.69, 9.17) is 4.43 Å². The molecule has 3 aromatic carbocycles. The lowest BCUT2D eigenvalue weighted by Gasteiger charge is -2.44. The van der Waals surface area contributed by atoms with E-state index in [0.29, 0.717) is 11.1 Å². The standard InChI is InChI=1S/C26H29BrFNOSi/c1-26(2,3)31(21-10-6-4-7-11-21,22-12-8-5-9-13-22)30-18-20-16-23-19(17-29-20)14-15-24(28)25(23)27/h4-15,20,29H,16-18H2,1-3H3. The van der Waals surface area contributed by atoms with Crippen LogP contribution in [-0.4, -0.2) is 21.0 Å². The first-order valence-electron chi connectivity index (χ1n) is 10.8. The molecule has 1 aliphatic heterocycles. The maximum atomic E-state index is 14.1. The Balaban J connectivity index is 1.69. The Bertz CT molecular complexity index is 997. The highest BCUT2D eigenvalue weighted by molar-refractivity contribution is 9.10. The lowest BCUT2D eigenvalue weighted by atomic mass is 9.96. The Morgan fingerprint density at radius 2 is 1.55 bits per heavy atom. The van der Waals surface area contributed by atoms with Crippen LogP contribution in [0, 0.1) is 5.82 Å². The van der Waals surface area contributed by atoms with Gasteiger partial charge in [-0.15, -0.1) is 0 Å². The maximum absolute atomic E-state index is 14.1. The van der Waals surface area contributed by atoms with Crippen LogP contribution in [0.2, 0.25) is 5.04 Å². The molecule has 0 saturated carbocycles. The summed E-state index contributed by atoms with van der Waals surface area (Å²) in [5.74, 6) is -0.202. The van der Waals surface area contributed by atoms with Crippen LogP contribution in [0.15, 0.2) is 77.3 Å². The van der Waals surface area contributed by atoms with Crippen molar-refractivity contribution in [3.05, 3.63) is 94.2 Å². The van der Waals surface area contributed by atoms with Crippen LogP contribution in [-0.2, 0) is 17.4 Å². The molecule has 162 valence electrons. The Labute approximate surface area is 194 Å². The van der Waals surface area contributed by atoms with Crippen LogP contribution >= 0.6 is 15.9 Å². The van der Waals surface area contributed by atoms with Crippen LogP contribution in [0.5, 0.6) is 0 Å². The van der Waals surface area contributed by atoms with Gasteiger partial charge in [-0.2, -0.15) is 0 Å². The number of fused-ring (bicyclic) bond motifs is 1. The van der Waals surface area contributed by atoms with E-state index in [0.717, 1.165) is 24.1 Å². The molecule has 0 fully saturated rings. The van der Waals surface area contributed by atoms with E-state index in [1.807, 2.05) is 6.07 Å². The van der Waals surface area contributed by atoms with Crippen LogP contribution in [0.3, 0.4) is 0 Å². The van der Waals surface area contributed by atoms with Gasteiger partial charge in [-0.3, -0.25) is 0 Å². The monoisotopic (exact) mass is 497 g/mol. The molecule has 4 rings (SSSR count). The fourth-order valence-electron chi connectivity index (χ4n) is 4.70. The van der Waals surface area contributed by atoms with E-state index >= 15 is 0 Å². The number of nitrogens with one attached hydrogen (secondary N) is 1. The van der Waals surface area contributed by atoms with Crippen molar-refractivity contribution in [2.24, 2.45) is 0 Å². The molecule has 1 unspecified atom stereocenters. The van der Waals surface area contributed by atoms with E-state index in [2.05, 4.69) is 103 Å². The van der Waals surface area contributed by atoms with Gasteiger partial charge in [0.1, 0.15) is 5.82 Å². The first-order valence-corrected chi connectivity index (χ1v) is 13.5. The van der Waals surface area contributed by atoms with Gasteiger partial charge in [0.2, 0.25) is 0 Å². The van der Waals surface area contributed by atoms with Gasteiger partial charge < -0.3 is 9.74 Å². The summed E-state index contributed by atoms with van der Waals surface area (Å²) in [7, 11) is -2.58. The molecule has 0 radical (unpaired) electrons. The quantitative estimate of drug-likeness (QED) is 0.490. The molecule has 1 heterocycles. The van der Waals surface area contributed by atoms with Crippen molar-refractivity contribution < 1.29 is 8.82 Å². The molecule has 0 saturated heterocycles. The minimum absolute atomic E-state index is 0.0605. The second kappa shape index (κ2) is 8.98. The summed E-state index contributed by atoms with van der Waals surface area (Å²) < 4.78 is 21.8. The molecule has 0 amide bonds.